The van der Waals surface area contributed by atoms with E-state index in [1.54, 1.807) is 0 Å². The van der Waals surface area contributed by atoms with Crippen LogP contribution in [-0.2, 0) is 9.31 Å². The van der Waals surface area contributed by atoms with Gasteiger partial charge < -0.3 is 18.3 Å². The highest BCUT2D eigenvalue weighted by molar-refractivity contribution is 6.65. The number of para-hydroxylation sites is 3. The monoisotopic (exact) mass is 509 g/mol. The van der Waals surface area contributed by atoms with Gasteiger partial charge in [-0.05, 0) is 45.2 Å². The molecule has 0 spiro atoms. The van der Waals surface area contributed by atoms with E-state index >= 15 is 0 Å². The third kappa shape index (κ3) is 3.09. The molecule has 5 heteroatoms. The van der Waals surface area contributed by atoms with Crippen molar-refractivity contribution in [2.45, 2.75) is 38.9 Å². The summed E-state index contributed by atoms with van der Waals surface area (Å²) in [6.45, 7) is 8.32. The number of aromatic nitrogens is 1. The quantitative estimate of drug-likeness (QED) is 0.221. The first-order chi connectivity index (χ1) is 18.8. The van der Waals surface area contributed by atoms with Crippen molar-refractivity contribution in [2.24, 2.45) is 0 Å². The standard InChI is InChI=1S/C34H28BNO3/c1-33(2)34(3,4)39-35(38-33)26-17-11-16-25-31-24-15-6-5-14-23(24)29(20-30(31)37-32(25)26)36-27-18-9-7-12-21(27)22-13-8-10-19-28(22)36/h5-20H,1-4H3. The highest BCUT2D eigenvalue weighted by Gasteiger charge is 2.52. The minimum Gasteiger partial charge on any atom is -0.456 e. The van der Waals surface area contributed by atoms with E-state index in [1.165, 1.54) is 27.2 Å². The fourth-order valence-corrected chi connectivity index (χ4v) is 6.19. The molecule has 2 aromatic heterocycles. The van der Waals surface area contributed by atoms with Gasteiger partial charge in [0.1, 0.15) is 11.2 Å². The lowest BCUT2D eigenvalue weighted by atomic mass is 9.78. The first-order valence-corrected chi connectivity index (χ1v) is 13.6. The molecular weight excluding hydrogens is 481 g/mol. The second kappa shape index (κ2) is 7.75. The lowest BCUT2D eigenvalue weighted by molar-refractivity contribution is 0.00578. The van der Waals surface area contributed by atoms with Gasteiger partial charge in [0, 0.05) is 38.5 Å². The highest BCUT2D eigenvalue weighted by atomic mass is 16.7. The van der Waals surface area contributed by atoms with Gasteiger partial charge in [0.05, 0.1) is 27.9 Å². The summed E-state index contributed by atoms with van der Waals surface area (Å²) in [7, 11) is -0.498. The summed E-state index contributed by atoms with van der Waals surface area (Å²) in [4.78, 5) is 0. The van der Waals surface area contributed by atoms with E-state index in [-0.39, 0.29) is 0 Å². The Labute approximate surface area is 226 Å². The fraction of sp³-hybridized carbons (Fsp3) is 0.176. The molecule has 1 aliphatic heterocycles. The van der Waals surface area contributed by atoms with Gasteiger partial charge in [0.15, 0.2) is 0 Å². The fourth-order valence-electron chi connectivity index (χ4n) is 6.19. The van der Waals surface area contributed by atoms with Gasteiger partial charge in [-0.1, -0.05) is 78.9 Å². The second-order valence-electron chi connectivity index (χ2n) is 11.6. The smallest absolute Gasteiger partial charge is 0.456 e. The van der Waals surface area contributed by atoms with E-state index in [9.17, 15) is 0 Å². The molecule has 0 amide bonds. The van der Waals surface area contributed by atoms with Crippen molar-refractivity contribution in [3.63, 3.8) is 0 Å². The molecule has 4 nitrogen and oxygen atoms in total. The first kappa shape index (κ1) is 22.9. The van der Waals surface area contributed by atoms with Gasteiger partial charge in [0.25, 0.3) is 0 Å². The van der Waals surface area contributed by atoms with Crippen LogP contribution in [0.4, 0.5) is 0 Å². The molecule has 3 heterocycles. The Bertz CT molecular complexity index is 2030. The van der Waals surface area contributed by atoms with E-state index in [0.717, 1.165) is 38.5 Å². The van der Waals surface area contributed by atoms with E-state index in [4.69, 9.17) is 13.7 Å². The molecule has 0 radical (unpaired) electrons. The van der Waals surface area contributed by atoms with Crippen molar-refractivity contribution < 1.29 is 13.7 Å². The maximum atomic E-state index is 6.73. The minimum atomic E-state index is -0.498. The number of benzene rings is 5. The van der Waals surface area contributed by atoms with Gasteiger partial charge in [-0.2, -0.15) is 0 Å². The maximum Gasteiger partial charge on any atom is 0.498 e. The maximum absolute atomic E-state index is 6.73. The third-order valence-electron chi connectivity index (χ3n) is 8.84. The van der Waals surface area contributed by atoms with Gasteiger partial charge in [0.2, 0.25) is 0 Å². The van der Waals surface area contributed by atoms with Crippen LogP contribution in [0.5, 0.6) is 0 Å². The van der Waals surface area contributed by atoms with Crippen LogP contribution in [-0.4, -0.2) is 22.9 Å². The molecular formula is C34H28BNO3. The lowest BCUT2D eigenvalue weighted by Crippen LogP contribution is -2.41. The zero-order valence-electron chi connectivity index (χ0n) is 22.5. The van der Waals surface area contributed by atoms with Crippen LogP contribution in [0.2, 0.25) is 0 Å². The van der Waals surface area contributed by atoms with E-state index < -0.39 is 18.3 Å². The molecule has 8 rings (SSSR count). The molecule has 0 N–H and O–H groups in total. The summed E-state index contributed by atoms with van der Waals surface area (Å²) >= 11 is 0. The summed E-state index contributed by atoms with van der Waals surface area (Å²) in [5.41, 5.74) is 5.19. The highest BCUT2D eigenvalue weighted by Crippen LogP contribution is 2.42. The second-order valence-corrected chi connectivity index (χ2v) is 11.6. The average molecular weight is 509 g/mol. The number of rotatable bonds is 2. The molecule has 0 bridgehead atoms. The number of hydrogen-bond donors (Lipinski definition) is 0. The van der Waals surface area contributed by atoms with Crippen LogP contribution in [0.3, 0.4) is 0 Å². The topological polar surface area (TPSA) is 36.5 Å². The molecule has 0 unspecified atom stereocenters. The first-order valence-electron chi connectivity index (χ1n) is 13.6. The Kier molecular flexibility index (Phi) is 4.55. The zero-order chi connectivity index (χ0) is 26.5. The number of fused-ring (bicyclic) bond motifs is 8. The molecule has 1 aliphatic rings. The Morgan fingerprint density at radius 3 is 1.77 bits per heavy atom. The third-order valence-corrected chi connectivity index (χ3v) is 8.84. The number of furan rings is 1. The molecule has 1 fully saturated rings. The number of hydrogen-bond acceptors (Lipinski definition) is 3. The van der Waals surface area contributed by atoms with Gasteiger partial charge in [-0.3, -0.25) is 0 Å². The average Bonchev–Trinajstić information content (AvgIpc) is 3.54. The van der Waals surface area contributed by atoms with E-state index in [0.29, 0.717) is 0 Å². The van der Waals surface area contributed by atoms with Gasteiger partial charge in [-0.15, -0.1) is 0 Å². The lowest BCUT2D eigenvalue weighted by Gasteiger charge is -2.32. The molecule has 5 aromatic carbocycles. The van der Waals surface area contributed by atoms with Crippen molar-refractivity contribution >= 4 is 67.1 Å². The summed E-state index contributed by atoms with van der Waals surface area (Å²) in [6, 6.07) is 34.3. The van der Waals surface area contributed by atoms with Crippen molar-refractivity contribution in [2.75, 3.05) is 0 Å². The molecule has 7 aromatic rings. The summed E-state index contributed by atoms with van der Waals surface area (Å²) in [6.07, 6.45) is 0. The Hall–Kier alpha value is -4.06. The van der Waals surface area contributed by atoms with Crippen molar-refractivity contribution in [3.8, 4) is 5.69 Å². The minimum absolute atomic E-state index is 0.428. The molecule has 0 saturated carbocycles. The van der Waals surface area contributed by atoms with Crippen molar-refractivity contribution in [1.29, 1.82) is 0 Å². The Morgan fingerprint density at radius 2 is 1.13 bits per heavy atom. The largest absolute Gasteiger partial charge is 0.498 e. The number of nitrogens with zero attached hydrogens (tertiary/aromatic N) is 1. The van der Waals surface area contributed by atoms with Crippen LogP contribution in [0.25, 0.3) is 60.2 Å². The summed E-state index contributed by atoms with van der Waals surface area (Å²) in [5, 5.41) is 7.01. The van der Waals surface area contributed by atoms with Gasteiger partial charge >= 0.3 is 7.12 Å². The van der Waals surface area contributed by atoms with Crippen molar-refractivity contribution in [3.05, 3.63) is 97.1 Å². The predicted molar refractivity (Wildman–Crippen MR) is 161 cm³/mol. The van der Waals surface area contributed by atoms with Crippen molar-refractivity contribution in [1.82, 2.24) is 4.57 Å². The van der Waals surface area contributed by atoms with Gasteiger partial charge in [-0.25, -0.2) is 0 Å². The molecule has 0 atom stereocenters. The zero-order valence-corrected chi connectivity index (χ0v) is 22.5. The molecule has 1 saturated heterocycles. The molecule has 0 aliphatic carbocycles. The molecule has 39 heavy (non-hydrogen) atoms. The van der Waals surface area contributed by atoms with Crippen LogP contribution in [0.15, 0.2) is 101 Å². The Balaban J connectivity index is 1.45. The normalized spacial score (nSPS) is 16.9. The van der Waals surface area contributed by atoms with E-state index in [1.807, 2.05) is 0 Å². The SMILES string of the molecule is CC1(C)OB(c2cccc3c2oc2cc(-n4c5ccccc5c5ccccc54)c4ccccc4c23)OC1(C)C. The summed E-state index contributed by atoms with van der Waals surface area (Å²) in [5.74, 6) is 0. The van der Waals surface area contributed by atoms with Crippen LogP contribution in [0, 0.1) is 0 Å². The predicted octanol–water partition coefficient (Wildman–Crippen LogP) is 8.14. The van der Waals surface area contributed by atoms with Crippen LogP contribution >= 0.6 is 0 Å². The summed E-state index contributed by atoms with van der Waals surface area (Å²) < 4.78 is 22.0. The van der Waals surface area contributed by atoms with Crippen LogP contribution < -0.4 is 5.46 Å². The Morgan fingerprint density at radius 1 is 0.590 bits per heavy atom. The molecule has 190 valence electrons. The van der Waals surface area contributed by atoms with E-state index in [2.05, 4.69) is 129 Å². The van der Waals surface area contributed by atoms with Crippen LogP contribution in [0.1, 0.15) is 27.7 Å².